The predicted octanol–water partition coefficient (Wildman–Crippen LogP) is 0.257. The number of oxime groups is 1. The van der Waals surface area contributed by atoms with Crippen LogP contribution in [0.5, 0.6) is 0 Å². The number of nitrogens with one attached hydrogen (secondary N) is 1. The van der Waals surface area contributed by atoms with Gasteiger partial charge in [0.1, 0.15) is 5.71 Å². The first-order chi connectivity index (χ1) is 8.79. The third-order valence-electron chi connectivity index (χ3n) is 2.08. The molecule has 0 saturated heterocycles. The number of carbonyl (C=O) groups is 1. The van der Waals surface area contributed by atoms with Crippen molar-refractivity contribution >= 4 is 24.2 Å². The van der Waals surface area contributed by atoms with Crippen LogP contribution in [-0.4, -0.2) is 45.9 Å². The largest absolute Gasteiger partial charge is 0.411 e. The second-order valence-corrected chi connectivity index (χ2v) is 3.35. The number of carbonyl (C=O) groups excluding carboxylic acids is 1. The second-order valence-electron chi connectivity index (χ2n) is 3.35. The number of rotatable bonds is 3. The molecule has 2 heterocycles. The molecule has 1 aliphatic heterocycles. The molecule has 18 heavy (non-hydrogen) atoms. The summed E-state index contributed by atoms with van der Waals surface area (Å²) in [6.45, 7) is 0.132. The first kappa shape index (κ1) is 11.7. The summed E-state index contributed by atoms with van der Waals surface area (Å²) in [4.78, 5) is 15.4. The summed E-state index contributed by atoms with van der Waals surface area (Å²) >= 11 is 0. The van der Waals surface area contributed by atoms with Gasteiger partial charge in [0.05, 0.1) is 19.0 Å². The van der Waals surface area contributed by atoms with Crippen molar-refractivity contribution in [2.45, 2.75) is 0 Å². The summed E-state index contributed by atoms with van der Waals surface area (Å²) < 4.78 is 0. The average molecular weight is 246 g/mol. The van der Waals surface area contributed by atoms with E-state index in [9.17, 15) is 4.79 Å². The molecule has 0 unspecified atom stereocenters. The van der Waals surface area contributed by atoms with Crippen LogP contribution in [0.4, 0.5) is 4.79 Å². The topological polar surface area (TPSA) is 103 Å². The summed E-state index contributed by atoms with van der Waals surface area (Å²) in [6, 6.07) is 3.12. The van der Waals surface area contributed by atoms with Crippen LogP contribution in [0.25, 0.3) is 0 Å². The number of hydrogen-bond acceptors (Lipinski definition) is 6. The summed E-state index contributed by atoms with van der Waals surface area (Å²) in [5.74, 6) is 0. The molecule has 2 N–H and O–H groups in total. The van der Waals surface area contributed by atoms with Gasteiger partial charge < -0.3 is 5.21 Å². The molecule has 0 aromatic carbocycles. The van der Waals surface area contributed by atoms with Gasteiger partial charge in [-0.3, -0.25) is 4.98 Å². The molecule has 0 atom stereocenters. The molecule has 92 valence electrons. The molecule has 8 heteroatoms. The average Bonchev–Trinajstić information content (AvgIpc) is 2.41. The minimum absolute atomic E-state index is 0.132. The Labute approximate surface area is 102 Å². The highest BCUT2D eigenvalue weighted by atomic mass is 16.4. The fourth-order valence-corrected chi connectivity index (χ4v) is 1.26. The highest BCUT2D eigenvalue weighted by Crippen LogP contribution is 1.99. The number of hydrogen-bond donors (Lipinski definition) is 2. The Balaban J connectivity index is 2.07. The van der Waals surface area contributed by atoms with Crippen molar-refractivity contribution in [2.75, 3.05) is 6.54 Å². The van der Waals surface area contributed by atoms with Gasteiger partial charge >= 0.3 is 6.03 Å². The maximum Gasteiger partial charge on any atom is 0.358 e. The quantitative estimate of drug-likeness (QED) is 0.454. The van der Waals surface area contributed by atoms with Crippen molar-refractivity contribution in [3.05, 3.63) is 30.1 Å². The number of nitrogens with zero attached hydrogens (tertiary/aromatic N) is 5. The third-order valence-corrected chi connectivity index (χ3v) is 2.08. The van der Waals surface area contributed by atoms with Crippen molar-refractivity contribution in [1.29, 1.82) is 0 Å². The maximum atomic E-state index is 11.4. The fraction of sp³-hybridized carbons (Fsp3) is 0.100. The normalized spacial score (nSPS) is 16.1. The molecule has 0 radical (unpaired) electrons. The van der Waals surface area contributed by atoms with Crippen LogP contribution in [0.1, 0.15) is 5.56 Å². The lowest BCUT2D eigenvalue weighted by Crippen LogP contribution is -2.43. The van der Waals surface area contributed by atoms with Crippen molar-refractivity contribution in [2.24, 2.45) is 15.4 Å². The highest BCUT2D eigenvalue weighted by Gasteiger charge is 2.18. The van der Waals surface area contributed by atoms with Gasteiger partial charge in [0.25, 0.3) is 0 Å². The van der Waals surface area contributed by atoms with E-state index in [0.717, 1.165) is 16.8 Å². The molecule has 0 fully saturated rings. The lowest BCUT2D eigenvalue weighted by atomic mass is 10.3. The highest BCUT2D eigenvalue weighted by molar-refractivity contribution is 6.32. The second kappa shape index (κ2) is 5.53. The van der Waals surface area contributed by atoms with Crippen LogP contribution in [-0.2, 0) is 0 Å². The Bertz CT molecular complexity index is 510. The first-order valence-corrected chi connectivity index (χ1v) is 5.05. The summed E-state index contributed by atoms with van der Waals surface area (Å²) in [6.07, 6.45) is 5.90. The minimum Gasteiger partial charge on any atom is -0.411 e. The van der Waals surface area contributed by atoms with Crippen LogP contribution in [0.2, 0.25) is 0 Å². The van der Waals surface area contributed by atoms with Crippen LogP contribution < -0.4 is 5.43 Å². The van der Waals surface area contributed by atoms with Gasteiger partial charge in [-0.1, -0.05) is 11.2 Å². The molecule has 8 nitrogen and oxygen atoms in total. The lowest BCUT2D eigenvalue weighted by molar-refractivity contribution is 0.205. The molecule has 0 spiro atoms. The summed E-state index contributed by atoms with van der Waals surface area (Å²) in [5.41, 5.74) is 3.40. The summed E-state index contributed by atoms with van der Waals surface area (Å²) in [7, 11) is 0. The van der Waals surface area contributed by atoms with E-state index in [1.54, 1.807) is 18.5 Å². The van der Waals surface area contributed by atoms with Crippen LogP contribution in [0.3, 0.4) is 0 Å². The van der Waals surface area contributed by atoms with E-state index in [0.29, 0.717) is 5.71 Å². The van der Waals surface area contributed by atoms with Gasteiger partial charge in [-0.2, -0.15) is 10.2 Å². The molecule has 1 aliphatic rings. The van der Waals surface area contributed by atoms with Gasteiger partial charge in [0, 0.05) is 18.0 Å². The van der Waals surface area contributed by atoms with E-state index < -0.39 is 6.03 Å². The number of amides is 2. The number of urea groups is 1. The van der Waals surface area contributed by atoms with E-state index >= 15 is 0 Å². The molecule has 0 bridgehead atoms. The third kappa shape index (κ3) is 2.88. The van der Waals surface area contributed by atoms with E-state index in [2.05, 4.69) is 25.8 Å². The molecule has 2 rings (SSSR count). The van der Waals surface area contributed by atoms with Crippen molar-refractivity contribution < 1.29 is 10.0 Å². The van der Waals surface area contributed by atoms with Gasteiger partial charge in [-0.05, 0) is 6.07 Å². The molecular formula is C10H10N6O2. The standard InChI is InChI=1S/C10H10N6O2/c17-10-15-14-9(6-13-18)7-16(10)12-5-8-2-1-3-11-4-8/h1-6,18H,7H2,(H,15,17). The Hall–Kier alpha value is -2.77. The molecule has 2 amide bonds. The van der Waals surface area contributed by atoms with Gasteiger partial charge in [0.2, 0.25) is 0 Å². The SMILES string of the molecule is O=C1NN=C(C=NO)CN1N=Cc1cccnc1. The van der Waals surface area contributed by atoms with Crippen LogP contribution in [0, 0.1) is 0 Å². The fourth-order valence-electron chi connectivity index (χ4n) is 1.26. The Morgan fingerprint density at radius 3 is 3.11 bits per heavy atom. The predicted molar refractivity (Wildman–Crippen MR) is 64.8 cm³/mol. The smallest absolute Gasteiger partial charge is 0.358 e. The zero-order valence-electron chi connectivity index (χ0n) is 9.26. The number of hydrazone groups is 2. The number of aromatic nitrogens is 1. The molecule has 1 aromatic heterocycles. The Morgan fingerprint density at radius 2 is 2.39 bits per heavy atom. The van der Waals surface area contributed by atoms with Crippen molar-refractivity contribution in [1.82, 2.24) is 15.4 Å². The Kier molecular flexibility index (Phi) is 3.59. The molecule has 0 saturated carbocycles. The van der Waals surface area contributed by atoms with Crippen LogP contribution in [0.15, 0.2) is 39.9 Å². The van der Waals surface area contributed by atoms with E-state index in [4.69, 9.17) is 5.21 Å². The lowest BCUT2D eigenvalue weighted by Gasteiger charge is -2.19. The van der Waals surface area contributed by atoms with Crippen LogP contribution >= 0.6 is 0 Å². The minimum atomic E-state index is -0.453. The zero-order valence-corrected chi connectivity index (χ0v) is 9.26. The van der Waals surface area contributed by atoms with Gasteiger partial charge in [0.15, 0.2) is 0 Å². The molecular weight excluding hydrogens is 236 g/mol. The van der Waals surface area contributed by atoms with Gasteiger partial charge in [-0.15, -0.1) is 0 Å². The monoisotopic (exact) mass is 246 g/mol. The zero-order chi connectivity index (χ0) is 12.8. The Morgan fingerprint density at radius 1 is 1.50 bits per heavy atom. The molecule has 1 aromatic rings. The van der Waals surface area contributed by atoms with E-state index in [1.807, 2.05) is 6.07 Å². The summed E-state index contributed by atoms with van der Waals surface area (Å²) in [5, 5.41) is 20.1. The number of pyridine rings is 1. The van der Waals surface area contributed by atoms with E-state index in [1.165, 1.54) is 6.21 Å². The van der Waals surface area contributed by atoms with E-state index in [-0.39, 0.29) is 6.54 Å². The van der Waals surface area contributed by atoms with Crippen molar-refractivity contribution in [3.8, 4) is 0 Å². The van der Waals surface area contributed by atoms with Gasteiger partial charge in [-0.25, -0.2) is 15.2 Å². The van der Waals surface area contributed by atoms with Crippen molar-refractivity contribution in [3.63, 3.8) is 0 Å². The molecule has 0 aliphatic carbocycles. The first-order valence-electron chi connectivity index (χ1n) is 5.05. The maximum absolute atomic E-state index is 11.4.